The summed E-state index contributed by atoms with van der Waals surface area (Å²) in [5.74, 6) is 0.980. The maximum Gasteiger partial charge on any atom is 0.235 e. The zero-order chi connectivity index (χ0) is 13.8. The van der Waals surface area contributed by atoms with E-state index in [0.717, 1.165) is 37.6 Å². The zero-order valence-electron chi connectivity index (χ0n) is 11.4. The summed E-state index contributed by atoms with van der Waals surface area (Å²) in [5.41, 5.74) is 1.14. The maximum atomic E-state index is 11.9. The molecule has 0 saturated carbocycles. The lowest BCUT2D eigenvalue weighted by Gasteiger charge is -2.36. The normalized spacial score (nSPS) is 17.2. The molecule has 19 heavy (non-hydrogen) atoms. The van der Waals surface area contributed by atoms with Gasteiger partial charge in [-0.3, -0.25) is 4.79 Å². The quantitative estimate of drug-likeness (QED) is 0.855. The van der Waals surface area contributed by atoms with Gasteiger partial charge in [0.1, 0.15) is 5.75 Å². The van der Waals surface area contributed by atoms with Crippen LogP contribution in [-0.4, -0.2) is 49.3 Å². The fourth-order valence-electron chi connectivity index (χ4n) is 2.26. The number of carbonyl (C=O) groups is 1. The molecule has 104 valence electrons. The first-order valence-corrected chi connectivity index (χ1v) is 6.99. The molecule has 1 fully saturated rings. The van der Waals surface area contributed by atoms with Crippen molar-refractivity contribution in [2.24, 2.45) is 0 Å². The molecule has 1 aliphatic rings. The minimum absolute atomic E-state index is 0.119. The fraction of sp³-hybridized carbons (Fsp3) is 0.500. The summed E-state index contributed by atoms with van der Waals surface area (Å²) in [6, 6.07) is 8.02. The number of ether oxygens (including phenoxy) is 1. The van der Waals surface area contributed by atoms with Gasteiger partial charge >= 0.3 is 0 Å². The first-order valence-electron chi connectivity index (χ1n) is 6.47. The highest BCUT2D eigenvalue weighted by Gasteiger charge is 2.23. The van der Waals surface area contributed by atoms with E-state index in [1.165, 1.54) is 0 Å². The number of hydrogen-bond donors (Lipinski definition) is 1. The highest BCUT2D eigenvalue weighted by Crippen LogP contribution is 2.22. The standard InChI is InChI=1S/C14H20N2O2S/c1-11(19)14(17)16-8-6-15(7-9-16)12-4-3-5-13(10-12)18-2/h3-5,10-11,19H,6-9H2,1-2H3. The molecular formula is C14H20N2O2S. The molecule has 1 atom stereocenters. The molecule has 1 aliphatic heterocycles. The number of piperazine rings is 1. The number of benzene rings is 1. The van der Waals surface area contributed by atoms with Gasteiger partial charge < -0.3 is 14.5 Å². The van der Waals surface area contributed by atoms with E-state index in [4.69, 9.17) is 4.74 Å². The molecule has 0 aliphatic carbocycles. The van der Waals surface area contributed by atoms with Crippen LogP contribution in [0.25, 0.3) is 0 Å². The van der Waals surface area contributed by atoms with Gasteiger partial charge in [-0.05, 0) is 19.1 Å². The summed E-state index contributed by atoms with van der Waals surface area (Å²) in [6.45, 7) is 5.01. The van der Waals surface area contributed by atoms with Crippen molar-refractivity contribution >= 4 is 24.2 Å². The molecule has 1 aromatic rings. The molecule has 1 heterocycles. The number of rotatable bonds is 3. The summed E-state index contributed by atoms with van der Waals surface area (Å²) < 4.78 is 5.24. The van der Waals surface area contributed by atoms with Crippen LogP contribution in [0.5, 0.6) is 5.75 Å². The number of hydrogen-bond acceptors (Lipinski definition) is 4. The molecule has 1 amide bonds. The summed E-state index contributed by atoms with van der Waals surface area (Å²) in [6.07, 6.45) is 0. The van der Waals surface area contributed by atoms with Crippen LogP contribution >= 0.6 is 12.6 Å². The number of methoxy groups -OCH3 is 1. The maximum absolute atomic E-state index is 11.9. The Morgan fingerprint density at radius 2 is 2.00 bits per heavy atom. The van der Waals surface area contributed by atoms with Crippen LogP contribution in [0.1, 0.15) is 6.92 Å². The van der Waals surface area contributed by atoms with Gasteiger partial charge in [0.15, 0.2) is 0 Å². The van der Waals surface area contributed by atoms with Gasteiger partial charge in [0.05, 0.1) is 12.4 Å². The summed E-state index contributed by atoms with van der Waals surface area (Å²) >= 11 is 4.20. The van der Waals surface area contributed by atoms with E-state index >= 15 is 0 Å². The highest BCUT2D eigenvalue weighted by atomic mass is 32.1. The molecule has 2 rings (SSSR count). The van der Waals surface area contributed by atoms with E-state index in [1.54, 1.807) is 7.11 Å². The van der Waals surface area contributed by atoms with Crippen molar-refractivity contribution in [2.45, 2.75) is 12.2 Å². The third kappa shape index (κ3) is 3.35. The van der Waals surface area contributed by atoms with Crippen molar-refractivity contribution in [1.29, 1.82) is 0 Å². The molecular weight excluding hydrogens is 260 g/mol. The minimum Gasteiger partial charge on any atom is -0.497 e. The molecule has 0 spiro atoms. The molecule has 1 saturated heterocycles. The summed E-state index contributed by atoms with van der Waals surface area (Å²) in [7, 11) is 1.67. The van der Waals surface area contributed by atoms with Crippen molar-refractivity contribution in [1.82, 2.24) is 4.90 Å². The molecule has 0 bridgehead atoms. The lowest BCUT2D eigenvalue weighted by Crippen LogP contribution is -2.50. The predicted molar refractivity (Wildman–Crippen MR) is 80.2 cm³/mol. The van der Waals surface area contributed by atoms with Gasteiger partial charge in [-0.15, -0.1) is 0 Å². The number of carbonyl (C=O) groups excluding carboxylic acids is 1. The Bertz CT molecular complexity index is 443. The summed E-state index contributed by atoms with van der Waals surface area (Å²) in [4.78, 5) is 16.0. The third-order valence-electron chi connectivity index (χ3n) is 3.37. The fourth-order valence-corrected chi connectivity index (χ4v) is 2.42. The Hall–Kier alpha value is -1.36. The van der Waals surface area contributed by atoms with Crippen molar-refractivity contribution in [3.05, 3.63) is 24.3 Å². The second-order valence-electron chi connectivity index (χ2n) is 4.69. The van der Waals surface area contributed by atoms with E-state index < -0.39 is 0 Å². The van der Waals surface area contributed by atoms with Crippen LogP contribution in [-0.2, 0) is 4.79 Å². The Morgan fingerprint density at radius 3 is 2.58 bits per heavy atom. The van der Waals surface area contributed by atoms with Gasteiger partial charge in [0.2, 0.25) is 5.91 Å². The van der Waals surface area contributed by atoms with Gasteiger partial charge in [0, 0.05) is 37.9 Å². The topological polar surface area (TPSA) is 32.8 Å². The zero-order valence-corrected chi connectivity index (χ0v) is 12.3. The third-order valence-corrected chi connectivity index (χ3v) is 3.59. The molecule has 1 unspecified atom stereocenters. The van der Waals surface area contributed by atoms with Crippen LogP contribution < -0.4 is 9.64 Å². The van der Waals surface area contributed by atoms with Crippen LogP contribution in [0.3, 0.4) is 0 Å². The Kier molecular flexibility index (Phi) is 4.58. The predicted octanol–water partition coefficient (Wildman–Crippen LogP) is 1.66. The van der Waals surface area contributed by atoms with Crippen LogP contribution in [0, 0.1) is 0 Å². The first kappa shape index (κ1) is 14.1. The van der Waals surface area contributed by atoms with Gasteiger partial charge in [0.25, 0.3) is 0 Å². The molecule has 0 N–H and O–H groups in total. The van der Waals surface area contributed by atoms with Gasteiger partial charge in [-0.2, -0.15) is 12.6 Å². The summed E-state index contributed by atoms with van der Waals surface area (Å²) in [5, 5.41) is -0.219. The number of nitrogens with zero attached hydrogens (tertiary/aromatic N) is 2. The smallest absolute Gasteiger partial charge is 0.235 e. The second-order valence-corrected chi connectivity index (χ2v) is 5.46. The van der Waals surface area contributed by atoms with E-state index in [1.807, 2.05) is 30.0 Å². The largest absolute Gasteiger partial charge is 0.497 e. The van der Waals surface area contributed by atoms with Crippen LogP contribution in [0.4, 0.5) is 5.69 Å². The average Bonchev–Trinajstić information content (AvgIpc) is 2.46. The lowest BCUT2D eigenvalue weighted by atomic mass is 10.2. The number of thiol groups is 1. The van der Waals surface area contributed by atoms with Crippen molar-refractivity contribution in [3.63, 3.8) is 0 Å². The highest BCUT2D eigenvalue weighted by molar-refractivity contribution is 7.81. The van der Waals surface area contributed by atoms with E-state index in [0.29, 0.717) is 0 Å². The molecule has 4 nitrogen and oxygen atoms in total. The van der Waals surface area contributed by atoms with Crippen molar-refractivity contribution in [3.8, 4) is 5.75 Å². The molecule has 5 heteroatoms. The SMILES string of the molecule is COc1cccc(N2CCN(C(=O)C(C)S)CC2)c1. The Labute approximate surface area is 119 Å². The Balaban J connectivity index is 1.97. The lowest BCUT2D eigenvalue weighted by molar-refractivity contribution is -0.130. The van der Waals surface area contributed by atoms with Gasteiger partial charge in [-0.1, -0.05) is 6.07 Å². The van der Waals surface area contributed by atoms with E-state index in [-0.39, 0.29) is 11.2 Å². The number of anilines is 1. The van der Waals surface area contributed by atoms with Crippen molar-refractivity contribution in [2.75, 3.05) is 38.2 Å². The average molecular weight is 280 g/mol. The van der Waals surface area contributed by atoms with Gasteiger partial charge in [-0.25, -0.2) is 0 Å². The molecule has 1 aromatic carbocycles. The van der Waals surface area contributed by atoms with E-state index in [2.05, 4.69) is 23.6 Å². The number of amides is 1. The van der Waals surface area contributed by atoms with E-state index in [9.17, 15) is 4.79 Å². The van der Waals surface area contributed by atoms with Crippen LogP contribution in [0.15, 0.2) is 24.3 Å². The monoisotopic (exact) mass is 280 g/mol. The second kappa shape index (κ2) is 6.19. The minimum atomic E-state index is -0.219. The molecule has 0 aromatic heterocycles. The Morgan fingerprint density at radius 1 is 1.32 bits per heavy atom. The van der Waals surface area contributed by atoms with Crippen molar-refractivity contribution < 1.29 is 9.53 Å². The first-order chi connectivity index (χ1) is 9.11. The molecule has 0 radical (unpaired) electrons. The van der Waals surface area contributed by atoms with Crippen LogP contribution in [0.2, 0.25) is 0 Å².